The summed E-state index contributed by atoms with van der Waals surface area (Å²) >= 11 is 0. The topological polar surface area (TPSA) is 23.0 Å². The second kappa shape index (κ2) is 14.5. The van der Waals surface area contributed by atoms with Crippen LogP contribution in [0.4, 0.5) is 0 Å². The predicted octanol–water partition coefficient (Wildman–Crippen LogP) is 12.8. The molecule has 4 heteroatoms. The lowest BCUT2D eigenvalue weighted by atomic mass is 10.0. The summed E-state index contributed by atoms with van der Waals surface area (Å²) in [5.74, 6) is 0. The average Bonchev–Trinajstić information content (AvgIpc) is 4.03. The minimum atomic E-state index is -2.78. The molecule has 0 bridgehead atoms. The van der Waals surface area contributed by atoms with Crippen LogP contribution in [-0.2, 0) is 0 Å². The molecule has 0 N–H and O–H groups in total. The predicted molar refractivity (Wildman–Crippen MR) is 271 cm³/mol. The van der Waals surface area contributed by atoms with Crippen molar-refractivity contribution in [3.05, 3.63) is 243 Å². The standard InChI is InChI=1S/C60H40N2OSi/c1-4-20-43(21-5-1)64(44-22-6-2-7-23-44,45-24-8-3-9-25-45)46-26-16-19-42(40-46)61-54-33-14-11-29-52(54)59-55(61)34-18-35-56(59)62-53-32-13-10-27-48(53)49-38-37-41(39-57(49)62)47-30-17-31-51-50-28-12-15-36-58(50)63-60(47)51/h1-40H. The van der Waals surface area contributed by atoms with E-state index >= 15 is 0 Å². The van der Waals surface area contributed by atoms with Crippen LogP contribution in [0.5, 0.6) is 0 Å². The molecule has 3 heterocycles. The van der Waals surface area contributed by atoms with Gasteiger partial charge in [-0.2, -0.15) is 0 Å². The highest BCUT2D eigenvalue weighted by molar-refractivity contribution is 7.19. The van der Waals surface area contributed by atoms with E-state index in [1.54, 1.807) is 0 Å². The summed E-state index contributed by atoms with van der Waals surface area (Å²) in [4.78, 5) is 0. The van der Waals surface area contributed by atoms with Crippen molar-refractivity contribution in [2.75, 3.05) is 0 Å². The first-order valence-corrected chi connectivity index (χ1v) is 24.0. The lowest BCUT2D eigenvalue weighted by molar-refractivity contribution is 0.670. The van der Waals surface area contributed by atoms with Crippen molar-refractivity contribution in [1.29, 1.82) is 0 Å². The molecule has 300 valence electrons. The van der Waals surface area contributed by atoms with Crippen LogP contribution < -0.4 is 20.7 Å². The SMILES string of the molecule is c1ccc([Si](c2ccccc2)(c2ccccc2)c2cccc(-n3c4ccccc4c4c(-n5c6ccccc6c6ccc(-c7cccc8c7oc7ccccc78)cc65)cccc43)c2)cc1. The summed E-state index contributed by atoms with van der Waals surface area (Å²) in [6, 6.07) is 89.2. The Morgan fingerprint density at radius 2 is 0.859 bits per heavy atom. The van der Waals surface area contributed by atoms with E-state index in [-0.39, 0.29) is 0 Å². The average molecular weight is 833 g/mol. The number of rotatable bonds is 7. The smallest absolute Gasteiger partial charge is 0.179 e. The van der Waals surface area contributed by atoms with Gasteiger partial charge in [0.1, 0.15) is 11.2 Å². The first-order valence-electron chi connectivity index (χ1n) is 22.0. The summed E-state index contributed by atoms with van der Waals surface area (Å²) in [7, 11) is -2.78. The lowest BCUT2D eigenvalue weighted by Gasteiger charge is -2.34. The van der Waals surface area contributed by atoms with Gasteiger partial charge in [0.2, 0.25) is 0 Å². The molecule has 0 unspecified atom stereocenters. The fourth-order valence-corrected chi connectivity index (χ4v) is 15.6. The van der Waals surface area contributed by atoms with Crippen molar-refractivity contribution in [3.8, 4) is 22.5 Å². The summed E-state index contributed by atoms with van der Waals surface area (Å²) in [6.07, 6.45) is 0. The monoisotopic (exact) mass is 832 g/mol. The van der Waals surface area contributed by atoms with E-state index in [1.807, 2.05) is 6.07 Å². The molecule has 0 aliphatic rings. The maximum atomic E-state index is 6.57. The van der Waals surface area contributed by atoms with Crippen molar-refractivity contribution < 1.29 is 4.42 Å². The molecular formula is C60H40N2OSi. The minimum absolute atomic E-state index is 0.905. The highest BCUT2D eigenvalue weighted by atomic mass is 28.3. The maximum absolute atomic E-state index is 6.57. The summed E-state index contributed by atoms with van der Waals surface area (Å²) in [6.45, 7) is 0. The zero-order valence-electron chi connectivity index (χ0n) is 34.9. The molecule has 0 amide bonds. The Balaban J connectivity index is 1.07. The second-order valence-electron chi connectivity index (χ2n) is 16.8. The molecule has 0 atom stereocenters. The van der Waals surface area contributed by atoms with Crippen LogP contribution in [0, 0.1) is 0 Å². The molecule has 3 aromatic heterocycles. The molecule has 0 fully saturated rings. The molecule has 0 aliphatic heterocycles. The molecule has 10 aromatic carbocycles. The van der Waals surface area contributed by atoms with Crippen molar-refractivity contribution in [1.82, 2.24) is 9.13 Å². The van der Waals surface area contributed by atoms with Gasteiger partial charge >= 0.3 is 0 Å². The van der Waals surface area contributed by atoms with E-state index in [0.717, 1.165) is 55.5 Å². The van der Waals surface area contributed by atoms with Crippen LogP contribution in [0.15, 0.2) is 247 Å². The molecule has 64 heavy (non-hydrogen) atoms. The molecule has 3 nitrogen and oxygen atoms in total. The van der Waals surface area contributed by atoms with E-state index in [2.05, 4.69) is 246 Å². The Morgan fingerprint density at radius 1 is 0.328 bits per heavy atom. The van der Waals surface area contributed by atoms with Gasteiger partial charge in [-0.15, -0.1) is 0 Å². The van der Waals surface area contributed by atoms with Crippen LogP contribution >= 0.6 is 0 Å². The number of para-hydroxylation sites is 4. The van der Waals surface area contributed by atoms with Crippen LogP contribution in [0.1, 0.15) is 0 Å². The third kappa shape index (κ3) is 5.33. The maximum Gasteiger partial charge on any atom is 0.179 e. The molecule has 0 spiro atoms. The van der Waals surface area contributed by atoms with E-state index in [0.29, 0.717) is 0 Å². The Morgan fingerprint density at radius 3 is 1.58 bits per heavy atom. The van der Waals surface area contributed by atoms with E-state index in [9.17, 15) is 0 Å². The first kappa shape index (κ1) is 36.5. The Kier molecular flexibility index (Phi) is 8.23. The van der Waals surface area contributed by atoms with Gasteiger partial charge in [-0.05, 0) is 74.8 Å². The van der Waals surface area contributed by atoms with Gasteiger partial charge in [-0.3, -0.25) is 0 Å². The molecule has 0 radical (unpaired) electrons. The number of furan rings is 1. The van der Waals surface area contributed by atoms with E-state index in [4.69, 9.17) is 4.42 Å². The zero-order valence-corrected chi connectivity index (χ0v) is 35.9. The molecular weight excluding hydrogens is 793 g/mol. The molecule has 0 aliphatic carbocycles. The summed E-state index contributed by atoms with van der Waals surface area (Å²) in [5.41, 5.74) is 11.0. The largest absolute Gasteiger partial charge is 0.455 e. The van der Waals surface area contributed by atoms with Gasteiger partial charge in [0.25, 0.3) is 0 Å². The van der Waals surface area contributed by atoms with Gasteiger partial charge in [-0.1, -0.05) is 194 Å². The zero-order chi connectivity index (χ0) is 42.2. The quantitative estimate of drug-likeness (QED) is 0.116. The number of aromatic nitrogens is 2. The lowest BCUT2D eigenvalue weighted by Crippen LogP contribution is -2.74. The van der Waals surface area contributed by atoms with Crippen LogP contribution in [0.2, 0.25) is 0 Å². The van der Waals surface area contributed by atoms with Crippen LogP contribution in [-0.4, -0.2) is 17.2 Å². The fraction of sp³-hybridized carbons (Fsp3) is 0. The van der Waals surface area contributed by atoms with Gasteiger partial charge in [-0.25, -0.2) is 0 Å². The minimum Gasteiger partial charge on any atom is -0.455 e. The Hall–Kier alpha value is -8.18. The fourth-order valence-electron chi connectivity index (χ4n) is 10.8. The van der Waals surface area contributed by atoms with Gasteiger partial charge in [0.05, 0.1) is 27.8 Å². The second-order valence-corrected chi connectivity index (χ2v) is 20.6. The van der Waals surface area contributed by atoms with Crippen molar-refractivity contribution in [2.45, 2.75) is 0 Å². The number of nitrogens with zero attached hydrogens (tertiary/aromatic N) is 2. The number of fused-ring (bicyclic) bond motifs is 9. The summed E-state index contributed by atoms with van der Waals surface area (Å²) < 4.78 is 11.5. The van der Waals surface area contributed by atoms with Gasteiger partial charge in [0, 0.05) is 43.6 Å². The number of benzene rings is 10. The van der Waals surface area contributed by atoms with Crippen LogP contribution in [0.25, 0.3) is 88.1 Å². The molecule has 13 aromatic rings. The van der Waals surface area contributed by atoms with Crippen molar-refractivity contribution >= 4 is 94.4 Å². The highest BCUT2D eigenvalue weighted by Gasteiger charge is 2.41. The van der Waals surface area contributed by atoms with E-state index in [1.165, 1.54) is 53.3 Å². The molecule has 0 saturated carbocycles. The normalized spacial score (nSPS) is 12.1. The number of hydrogen-bond acceptors (Lipinski definition) is 1. The Labute approximate surface area is 371 Å². The van der Waals surface area contributed by atoms with Gasteiger partial charge < -0.3 is 13.6 Å². The number of hydrogen-bond donors (Lipinski definition) is 0. The third-order valence-corrected chi connectivity index (χ3v) is 18.2. The Bertz CT molecular complexity index is 3800. The third-order valence-electron chi connectivity index (χ3n) is 13.5. The van der Waals surface area contributed by atoms with Gasteiger partial charge in [0.15, 0.2) is 8.07 Å². The molecule has 0 saturated heterocycles. The highest BCUT2D eigenvalue weighted by Crippen LogP contribution is 2.42. The van der Waals surface area contributed by atoms with E-state index < -0.39 is 8.07 Å². The van der Waals surface area contributed by atoms with Crippen molar-refractivity contribution in [3.63, 3.8) is 0 Å². The van der Waals surface area contributed by atoms with Crippen LogP contribution in [0.3, 0.4) is 0 Å². The first-order chi connectivity index (χ1) is 31.8. The van der Waals surface area contributed by atoms with Crippen molar-refractivity contribution in [2.24, 2.45) is 0 Å². The summed E-state index contributed by atoms with van der Waals surface area (Å²) in [5, 5.41) is 12.5. The molecule has 13 rings (SSSR count).